The molecule has 2 aliphatic rings. The van der Waals surface area contributed by atoms with Gasteiger partial charge in [-0.3, -0.25) is 10.0 Å². The van der Waals surface area contributed by atoms with Gasteiger partial charge in [0, 0.05) is 11.1 Å². The van der Waals surface area contributed by atoms with E-state index in [0.29, 0.717) is 34.3 Å². The highest BCUT2D eigenvalue weighted by atomic mass is 16.7. The average molecular weight is 512 g/mol. The molecule has 2 N–H and O–H groups in total. The van der Waals surface area contributed by atoms with E-state index in [0.717, 1.165) is 16.7 Å². The number of carbonyl (C=O) groups is 1. The molecule has 1 atom stereocenters. The van der Waals surface area contributed by atoms with Crippen LogP contribution in [0.15, 0.2) is 91.0 Å². The van der Waals surface area contributed by atoms with Crippen molar-refractivity contribution in [3.63, 3.8) is 0 Å². The third-order valence-corrected chi connectivity index (χ3v) is 6.87. The second kappa shape index (κ2) is 9.64. The number of carbonyl (C=O) groups excluding carboxylic acids is 1. The molecule has 192 valence electrons. The van der Waals surface area contributed by atoms with Crippen molar-refractivity contribution in [1.29, 1.82) is 0 Å². The summed E-state index contributed by atoms with van der Waals surface area (Å²) in [6.07, 6.45) is 0. The molecule has 0 bridgehead atoms. The first-order valence-electron chi connectivity index (χ1n) is 12.1. The molecule has 8 heteroatoms. The van der Waals surface area contributed by atoms with Crippen LogP contribution < -0.4 is 29.2 Å². The summed E-state index contributed by atoms with van der Waals surface area (Å²) in [5.74, 6) is 1.88. The summed E-state index contributed by atoms with van der Waals surface area (Å²) in [4.78, 5) is 12.7. The number of rotatable bonds is 7. The third kappa shape index (κ3) is 4.25. The maximum atomic E-state index is 12.7. The molecule has 0 spiro atoms. The van der Waals surface area contributed by atoms with E-state index in [-0.39, 0.29) is 13.6 Å². The van der Waals surface area contributed by atoms with Crippen LogP contribution in [-0.4, -0.2) is 24.7 Å². The lowest BCUT2D eigenvalue weighted by Gasteiger charge is -2.32. The van der Waals surface area contributed by atoms with Crippen LogP contribution in [0, 0.1) is 0 Å². The second-order valence-electron chi connectivity index (χ2n) is 9.16. The molecule has 6 rings (SSSR count). The molecule has 0 radical (unpaired) electrons. The molecule has 4 aromatic carbocycles. The fraction of sp³-hybridized carbons (Fsp3) is 0.167. The van der Waals surface area contributed by atoms with E-state index in [4.69, 9.17) is 23.7 Å². The van der Waals surface area contributed by atoms with Gasteiger partial charge in [0.2, 0.25) is 13.6 Å². The molecule has 0 saturated carbocycles. The number of nitrogens with one attached hydrogen (secondary N) is 1. The highest BCUT2D eigenvalue weighted by Crippen LogP contribution is 2.44. The zero-order valence-electron chi connectivity index (χ0n) is 20.5. The maximum Gasteiger partial charge on any atom is 0.255 e. The number of fused-ring (bicyclic) bond motifs is 2. The number of hydrogen-bond acceptors (Lipinski definition) is 7. The van der Waals surface area contributed by atoms with E-state index in [9.17, 15) is 10.0 Å². The average Bonchev–Trinajstić information content (AvgIpc) is 3.62. The van der Waals surface area contributed by atoms with Crippen LogP contribution >= 0.6 is 0 Å². The monoisotopic (exact) mass is 511 g/mol. The quantitative estimate of drug-likeness (QED) is 0.263. The molecular formula is C30H25NO7. The first-order chi connectivity index (χ1) is 18.5. The Morgan fingerprint density at radius 1 is 0.763 bits per heavy atom. The van der Waals surface area contributed by atoms with Gasteiger partial charge in [-0.05, 0) is 54.4 Å². The Kier molecular flexibility index (Phi) is 6.01. The fourth-order valence-electron chi connectivity index (χ4n) is 4.87. The maximum absolute atomic E-state index is 12.7. The standard InChI is InChI=1S/C30H25NO7/c1-30(21-10-12-24-26(15-21)36-17-34-24,22-11-13-25-27(16-22)37-18-35-25)38-23-9-5-8-20(14-23)28(29(32)31-33)19-6-3-2-4-7-19/h2-16,28,33H,17-18H2,1H3,(H,31,32). The van der Waals surface area contributed by atoms with E-state index in [1.54, 1.807) is 5.48 Å². The third-order valence-electron chi connectivity index (χ3n) is 6.87. The molecule has 2 heterocycles. The summed E-state index contributed by atoms with van der Waals surface area (Å²) in [5.41, 5.74) is 3.89. The summed E-state index contributed by atoms with van der Waals surface area (Å²) < 4.78 is 29.1. The summed E-state index contributed by atoms with van der Waals surface area (Å²) in [7, 11) is 0. The minimum Gasteiger partial charge on any atom is -0.478 e. The lowest BCUT2D eigenvalue weighted by atomic mass is 9.87. The van der Waals surface area contributed by atoms with Crippen LogP contribution in [0.4, 0.5) is 0 Å². The van der Waals surface area contributed by atoms with E-state index in [2.05, 4.69) is 0 Å². The first kappa shape index (κ1) is 23.7. The molecule has 4 aromatic rings. The summed E-state index contributed by atoms with van der Waals surface area (Å²) >= 11 is 0. The molecule has 2 aliphatic heterocycles. The Hall–Kier alpha value is -4.69. The van der Waals surface area contributed by atoms with Gasteiger partial charge in [0.05, 0.1) is 5.92 Å². The van der Waals surface area contributed by atoms with Gasteiger partial charge < -0.3 is 23.7 Å². The van der Waals surface area contributed by atoms with Gasteiger partial charge in [-0.25, -0.2) is 5.48 Å². The Bertz CT molecular complexity index is 1430. The lowest BCUT2D eigenvalue weighted by molar-refractivity contribution is -0.129. The van der Waals surface area contributed by atoms with Crippen LogP contribution in [-0.2, 0) is 10.4 Å². The van der Waals surface area contributed by atoms with E-state index >= 15 is 0 Å². The molecule has 0 aromatic heterocycles. The van der Waals surface area contributed by atoms with Crippen molar-refractivity contribution < 1.29 is 33.7 Å². The van der Waals surface area contributed by atoms with Crippen molar-refractivity contribution in [2.75, 3.05) is 13.6 Å². The highest BCUT2D eigenvalue weighted by Gasteiger charge is 2.35. The smallest absolute Gasteiger partial charge is 0.255 e. The molecule has 8 nitrogen and oxygen atoms in total. The Balaban J connectivity index is 1.43. The zero-order chi connectivity index (χ0) is 26.1. The van der Waals surface area contributed by atoms with Crippen molar-refractivity contribution in [1.82, 2.24) is 5.48 Å². The number of benzene rings is 4. The van der Waals surface area contributed by atoms with E-state index in [1.807, 2.05) is 97.9 Å². The van der Waals surface area contributed by atoms with Crippen molar-refractivity contribution in [3.8, 4) is 28.7 Å². The summed E-state index contributed by atoms with van der Waals surface area (Å²) in [5, 5.41) is 9.46. The minimum absolute atomic E-state index is 0.163. The van der Waals surface area contributed by atoms with Crippen LogP contribution in [0.2, 0.25) is 0 Å². The van der Waals surface area contributed by atoms with Crippen molar-refractivity contribution in [2.24, 2.45) is 0 Å². The largest absolute Gasteiger partial charge is 0.478 e. The molecule has 0 fully saturated rings. The van der Waals surface area contributed by atoms with Crippen molar-refractivity contribution in [2.45, 2.75) is 18.4 Å². The first-order valence-corrected chi connectivity index (χ1v) is 12.1. The molecule has 1 unspecified atom stereocenters. The minimum atomic E-state index is -0.984. The number of ether oxygens (including phenoxy) is 5. The predicted molar refractivity (Wildman–Crippen MR) is 137 cm³/mol. The lowest BCUT2D eigenvalue weighted by Crippen LogP contribution is -2.31. The Morgan fingerprint density at radius 3 is 1.95 bits per heavy atom. The summed E-state index contributed by atoms with van der Waals surface area (Å²) in [6.45, 7) is 2.29. The van der Waals surface area contributed by atoms with Crippen LogP contribution in [0.1, 0.15) is 35.1 Å². The van der Waals surface area contributed by atoms with Crippen LogP contribution in [0.3, 0.4) is 0 Å². The summed E-state index contributed by atoms with van der Waals surface area (Å²) in [6, 6.07) is 28.0. The second-order valence-corrected chi connectivity index (χ2v) is 9.16. The van der Waals surface area contributed by atoms with E-state index in [1.165, 1.54) is 0 Å². The normalized spacial score (nSPS) is 14.2. The molecule has 0 saturated heterocycles. The van der Waals surface area contributed by atoms with Gasteiger partial charge >= 0.3 is 0 Å². The SMILES string of the molecule is CC(Oc1cccc(C(C(=O)NO)c2ccccc2)c1)(c1ccc2c(c1)OCO2)c1ccc2c(c1)OCO2. The number of hydrogen-bond donors (Lipinski definition) is 2. The predicted octanol–water partition coefficient (Wildman–Crippen LogP) is 5.12. The van der Waals surface area contributed by atoms with E-state index < -0.39 is 17.4 Å². The van der Waals surface area contributed by atoms with Gasteiger partial charge in [-0.15, -0.1) is 0 Å². The number of amides is 1. The van der Waals surface area contributed by atoms with Gasteiger partial charge in [0.1, 0.15) is 5.75 Å². The van der Waals surface area contributed by atoms with Gasteiger partial charge in [-0.2, -0.15) is 0 Å². The molecule has 0 aliphatic carbocycles. The number of hydroxylamine groups is 1. The van der Waals surface area contributed by atoms with Crippen molar-refractivity contribution >= 4 is 5.91 Å². The van der Waals surface area contributed by atoms with Crippen molar-refractivity contribution in [3.05, 3.63) is 113 Å². The Labute approximate surface area is 219 Å². The van der Waals surface area contributed by atoms with Crippen LogP contribution in [0.25, 0.3) is 0 Å². The zero-order valence-corrected chi connectivity index (χ0v) is 20.5. The van der Waals surface area contributed by atoms with Crippen LogP contribution in [0.5, 0.6) is 28.7 Å². The fourth-order valence-corrected chi connectivity index (χ4v) is 4.87. The van der Waals surface area contributed by atoms with Gasteiger partial charge in [0.25, 0.3) is 5.91 Å². The van der Waals surface area contributed by atoms with Gasteiger partial charge in [0.15, 0.2) is 28.6 Å². The topological polar surface area (TPSA) is 95.5 Å². The highest BCUT2D eigenvalue weighted by molar-refractivity contribution is 5.86. The molecule has 38 heavy (non-hydrogen) atoms. The molecular weight excluding hydrogens is 486 g/mol. The van der Waals surface area contributed by atoms with Gasteiger partial charge in [-0.1, -0.05) is 54.6 Å². The molecule has 1 amide bonds. The Morgan fingerprint density at radius 2 is 1.34 bits per heavy atom.